The number of anilines is 1. The number of nitrogens with one attached hydrogen (secondary N) is 2. The first kappa shape index (κ1) is 12.3. The Morgan fingerprint density at radius 3 is 2.83 bits per heavy atom. The monoisotopic (exact) mass is 246 g/mol. The van der Waals surface area contributed by atoms with Gasteiger partial charge in [-0.2, -0.15) is 4.98 Å². The number of H-pyrrole nitrogens is 1. The van der Waals surface area contributed by atoms with Gasteiger partial charge >= 0.3 is 0 Å². The van der Waals surface area contributed by atoms with Gasteiger partial charge in [0.15, 0.2) is 0 Å². The Hall–Kier alpha value is -2.21. The van der Waals surface area contributed by atoms with E-state index in [-0.39, 0.29) is 18.5 Å². The molecule has 0 unspecified atom stereocenters. The predicted molar refractivity (Wildman–Crippen MR) is 65.8 cm³/mol. The normalized spacial score (nSPS) is 10.3. The summed E-state index contributed by atoms with van der Waals surface area (Å²) in [5.74, 6) is 0.640. The van der Waals surface area contributed by atoms with Crippen molar-refractivity contribution < 1.29 is 9.53 Å². The Balaban J connectivity index is 1.72. The van der Waals surface area contributed by atoms with Crippen molar-refractivity contribution in [1.29, 1.82) is 0 Å². The molecule has 1 aromatic carbocycles. The van der Waals surface area contributed by atoms with Crippen LogP contribution in [0.5, 0.6) is 0 Å². The highest BCUT2D eigenvalue weighted by atomic mass is 16.5. The third-order valence-corrected chi connectivity index (χ3v) is 2.19. The molecule has 94 valence electrons. The van der Waals surface area contributed by atoms with Crippen LogP contribution in [0.15, 0.2) is 30.3 Å². The molecule has 6 heteroatoms. The zero-order valence-electron chi connectivity index (χ0n) is 10.0. The van der Waals surface area contributed by atoms with Crippen molar-refractivity contribution in [3.63, 3.8) is 0 Å². The van der Waals surface area contributed by atoms with Gasteiger partial charge in [-0.3, -0.25) is 15.2 Å². The summed E-state index contributed by atoms with van der Waals surface area (Å²) in [4.78, 5) is 15.4. The number of carbonyl (C=O) groups is 1. The maximum absolute atomic E-state index is 11.5. The summed E-state index contributed by atoms with van der Waals surface area (Å²) < 4.78 is 5.28. The minimum absolute atomic E-state index is 0.0253. The Kier molecular flexibility index (Phi) is 4.03. The van der Waals surface area contributed by atoms with Crippen molar-refractivity contribution in [2.24, 2.45) is 0 Å². The van der Waals surface area contributed by atoms with Crippen LogP contribution in [0.4, 0.5) is 5.95 Å². The lowest BCUT2D eigenvalue weighted by molar-refractivity contribution is -0.121. The molecule has 1 amide bonds. The number of ether oxygens (including phenoxy) is 1. The highest BCUT2D eigenvalue weighted by Gasteiger charge is 2.05. The molecule has 6 nitrogen and oxygen atoms in total. The standard InChI is InChI=1S/C12H14N4O2/c1-9-13-12(16-15-9)14-11(17)8-18-7-10-5-3-2-4-6-10/h2-6H,7-8H2,1H3,(H2,13,14,15,16,17). The van der Waals surface area contributed by atoms with Crippen LogP contribution in [-0.4, -0.2) is 27.7 Å². The van der Waals surface area contributed by atoms with Crippen molar-refractivity contribution in [3.05, 3.63) is 41.7 Å². The van der Waals surface area contributed by atoms with Crippen molar-refractivity contribution in [2.45, 2.75) is 13.5 Å². The van der Waals surface area contributed by atoms with Gasteiger partial charge in [0, 0.05) is 0 Å². The van der Waals surface area contributed by atoms with Gasteiger partial charge in [-0.15, -0.1) is 5.10 Å². The summed E-state index contributed by atoms with van der Waals surface area (Å²) in [5.41, 5.74) is 1.03. The molecule has 1 heterocycles. The van der Waals surface area contributed by atoms with Crippen LogP contribution in [0.1, 0.15) is 11.4 Å². The number of carbonyl (C=O) groups excluding carboxylic acids is 1. The number of aryl methyl sites for hydroxylation is 1. The molecule has 2 aromatic rings. The van der Waals surface area contributed by atoms with Crippen molar-refractivity contribution in [2.75, 3.05) is 11.9 Å². The molecular formula is C12H14N4O2. The number of amides is 1. The number of nitrogens with zero attached hydrogens (tertiary/aromatic N) is 2. The topological polar surface area (TPSA) is 79.9 Å². The number of aromatic nitrogens is 3. The molecule has 2 rings (SSSR count). The van der Waals surface area contributed by atoms with Gasteiger partial charge in [0.05, 0.1) is 6.61 Å². The van der Waals surface area contributed by atoms with Crippen molar-refractivity contribution in [1.82, 2.24) is 15.2 Å². The highest BCUT2D eigenvalue weighted by molar-refractivity contribution is 5.89. The second-order valence-electron chi connectivity index (χ2n) is 3.77. The largest absolute Gasteiger partial charge is 0.367 e. The summed E-state index contributed by atoms with van der Waals surface area (Å²) in [6.45, 7) is 2.14. The number of aromatic amines is 1. The average molecular weight is 246 g/mol. The highest BCUT2D eigenvalue weighted by Crippen LogP contribution is 2.01. The predicted octanol–water partition coefficient (Wildman–Crippen LogP) is 1.27. The SMILES string of the molecule is Cc1nc(NC(=O)COCc2ccccc2)n[nH]1. The third kappa shape index (κ3) is 3.67. The van der Waals surface area contributed by atoms with Crippen LogP contribution >= 0.6 is 0 Å². The second kappa shape index (κ2) is 5.92. The molecule has 0 radical (unpaired) electrons. The Morgan fingerprint density at radius 1 is 1.39 bits per heavy atom. The van der Waals surface area contributed by atoms with Gasteiger partial charge in [0.2, 0.25) is 5.95 Å². The van der Waals surface area contributed by atoms with E-state index in [9.17, 15) is 4.79 Å². The van der Waals surface area contributed by atoms with Gasteiger partial charge in [-0.1, -0.05) is 30.3 Å². The fourth-order valence-corrected chi connectivity index (χ4v) is 1.40. The van der Waals surface area contributed by atoms with Crippen molar-refractivity contribution in [3.8, 4) is 0 Å². The van der Waals surface area contributed by atoms with Gasteiger partial charge in [-0.05, 0) is 12.5 Å². The second-order valence-corrected chi connectivity index (χ2v) is 3.77. The molecule has 2 N–H and O–H groups in total. The van der Waals surface area contributed by atoms with E-state index in [1.165, 1.54) is 0 Å². The zero-order valence-corrected chi connectivity index (χ0v) is 10.0. The first-order chi connectivity index (χ1) is 8.74. The van der Waals surface area contributed by atoms with Crippen LogP contribution in [0.3, 0.4) is 0 Å². The van der Waals surface area contributed by atoms with E-state index < -0.39 is 0 Å². The molecule has 0 aliphatic carbocycles. The van der Waals surface area contributed by atoms with E-state index in [0.29, 0.717) is 12.4 Å². The van der Waals surface area contributed by atoms with E-state index in [0.717, 1.165) is 5.56 Å². The molecule has 0 saturated carbocycles. The van der Waals surface area contributed by atoms with Crippen molar-refractivity contribution >= 4 is 11.9 Å². The fourth-order valence-electron chi connectivity index (χ4n) is 1.40. The number of hydrogen-bond acceptors (Lipinski definition) is 4. The van der Waals surface area contributed by atoms with Crippen LogP contribution in [0.2, 0.25) is 0 Å². The fraction of sp³-hybridized carbons (Fsp3) is 0.250. The van der Waals surface area contributed by atoms with Crippen LogP contribution in [0.25, 0.3) is 0 Å². The summed E-state index contributed by atoms with van der Waals surface area (Å²) in [5, 5.41) is 8.97. The van der Waals surface area contributed by atoms with Crippen LogP contribution in [0, 0.1) is 6.92 Å². The van der Waals surface area contributed by atoms with Crippen LogP contribution < -0.4 is 5.32 Å². The van der Waals surface area contributed by atoms with Gasteiger partial charge in [-0.25, -0.2) is 0 Å². The minimum atomic E-state index is -0.273. The van der Waals surface area contributed by atoms with Gasteiger partial charge in [0.1, 0.15) is 12.4 Å². The van der Waals surface area contributed by atoms with E-state index in [4.69, 9.17) is 4.74 Å². The molecule has 0 fully saturated rings. The molecule has 0 bridgehead atoms. The lowest BCUT2D eigenvalue weighted by Gasteiger charge is -2.03. The zero-order chi connectivity index (χ0) is 12.8. The summed E-state index contributed by atoms with van der Waals surface area (Å²) in [6, 6.07) is 9.67. The lowest BCUT2D eigenvalue weighted by atomic mass is 10.2. The maximum atomic E-state index is 11.5. The third-order valence-electron chi connectivity index (χ3n) is 2.19. The summed E-state index contributed by atoms with van der Waals surface area (Å²) in [7, 11) is 0. The summed E-state index contributed by atoms with van der Waals surface area (Å²) >= 11 is 0. The number of benzene rings is 1. The molecule has 18 heavy (non-hydrogen) atoms. The molecule has 0 aliphatic heterocycles. The maximum Gasteiger partial charge on any atom is 0.252 e. The molecule has 0 atom stereocenters. The van der Waals surface area contributed by atoms with E-state index in [1.807, 2.05) is 30.3 Å². The quantitative estimate of drug-likeness (QED) is 0.832. The lowest BCUT2D eigenvalue weighted by Crippen LogP contribution is -2.19. The smallest absolute Gasteiger partial charge is 0.252 e. The van der Waals surface area contributed by atoms with Gasteiger partial charge < -0.3 is 4.74 Å². The molecular weight excluding hydrogens is 232 g/mol. The Labute approximate surface area is 104 Å². The first-order valence-corrected chi connectivity index (χ1v) is 5.54. The Morgan fingerprint density at radius 2 is 2.17 bits per heavy atom. The minimum Gasteiger partial charge on any atom is -0.367 e. The first-order valence-electron chi connectivity index (χ1n) is 5.54. The number of rotatable bonds is 5. The van der Waals surface area contributed by atoms with E-state index in [2.05, 4.69) is 20.5 Å². The number of hydrogen-bond donors (Lipinski definition) is 2. The van der Waals surface area contributed by atoms with E-state index >= 15 is 0 Å². The molecule has 1 aromatic heterocycles. The van der Waals surface area contributed by atoms with Gasteiger partial charge in [0.25, 0.3) is 5.91 Å². The van der Waals surface area contributed by atoms with E-state index in [1.54, 1.807) is 6.92 Å². The Bertz CT molecular complexity index is 510. The summed E-state index contributed by atoms with van der Waals surface area (Å²) in [6.07, 6.45) is 0. The molecule has 0 spiro atoms. The molecule has 0 aliphatic rings. The van der Waals surface area contributed by atoms with Crippen LogP contribution in [-0.2, 0) is 16.1 Å². The molecule has 0 saturated heterocycles. The average Bonchev–Trinajstić information content (AvgIpc) is 2.76.